The number of aryl methyl sites for hydroxylation is 1. The molecule has 3 unspecified atom stereocenters. The molecule has 3 aliphatic rings. The molecule has 3 heterocycles. The maximum atomic E-state index is 12.5. The predicted octanol–water partition coefficient (Wildman–Crippen LogP) is 10.3. The summed E-state index contributed by atoms with van der Waals surface area (Å²) in [5, 5.41) is 27.2. The number of nitrogens with zero attached hydrogens (tertiary/aromatic N) is 8. The number of carboxylic acids is 3. The maximum absolute atomic E-state index is 12.5. The van der Waals surface area contributed by atoms with Crippen molar-refractivity contribution in [1.29, 1.82) is 0 Å². The number of halogens is 9. The zero-order chi connectivity index (χ0) is 66.7. The van der Waals surface area contributed by atoms with Gasteiger partial charge in [-0.15, -0.1) is 0 Å². The maximum Gasteiger partial charge on any atom is 0.425 e. The van der Waals surface area contributed by atoms with Crippen molar-refractivity contribution in [2.75, 3.05) is 78.5 Å². The Morgan fingerprint density at radius 3 is 0.922 bits per heavy atom. The molecular weight excluding hydrogens is 1220 g/mol. The highest BCUT2D eigenvalue weighted by molar-refractivity contribution is 5.74. The van der Waals surface area contributed by atoms with E-state index in [0.717, 1.165) is 31.9 Å². The fourth-order valence-corrected chi connectivity index (χ4v) is 8.20. The number of carboxylic acid groups (broad SMARTS) is 3. The van der Waals surface area contributed by atoms with Crippen LogP contribution in [0.25, 0.3) is 9.69 Å². The van der Waals surface area contributed by atoms with Crippen molar-refractivity contribution in [3.05, 3.63) is 99.7 Å². The average molecular weight is 1290 g/mol. The first kappa shape index (κ1) is 75.8. The van der Waals surface area contributed by atoms with Gasteiger partial charge in [0, 0.05) is 115 Å². The molecule has 6 rings (SSSR count). The first-order chi connectivity index (χ1) is 41.5. The van der Waals surface area contributed by atoms with Crippen LogP contribution in [0.5, 0.6) is 17.2 Å². The van der Waals surface area contributed by atoms with Gasteiger partial charge in [0.2, 0.25) is 0 Å². The molecule has 3 amide bonds. The fraction of sp³-hybridized carbons (Fsp3) is 0.552. The van der Waals surface area contributed by atoms with Gasteiger partial charge < -0.3 is 58.4 Å². The summed E-state index contributed by atoms with van der Waals surface area (Å²) in [6.45, 7) is 27.4. The Bertz CT molecular complexity index is 2860. The van der Waals surface area contributed by atoms with E-state index in [1.54, 1.807) is 30.3 Å². The van der Waals surface area contributed by atoms with Crippen LogP contribution >= 0.6 is 0 Å². The molecule has 0 saturated carbocycles. The Kier molecular flexibility index (Phi) is 28.5. The van der Waals surface area contributed by atoms with Gasteiger partial charge in [0.1, 0.15) is 17.2 Å². The summed E-state index contributed by atoms with van der Waals surface area (Å²) < 4.78 is 143. The molecule has 3 aromatic rings. The van der Waals surface area contributed by atoms with Crippen molar-refractivity contribution in [3.8, 4) is 17.2 Å². The summed E-state index contributed by atoms with van der Waals surface area (Å²) in [6, 6.07) is 15.0. The van der Waals surface area contributed by atoms with E-state index in [9.17, 15) is 68.3 Å². The molecule has 3 saturated heterocycles. The second kappa shape index (κ2) is 33.9. The van der Waals surface area contributed by atoms with E-state index in [1.807, 2.05) is 33.8 Å². The van der Waals surface area contributed by atoms with Gasteiger partial charge in [-0.1, -0.05) is 43.8 Å². The lowest BCUT2D eigenvalue weighted by molar-refractivity contribution is -0.200. The van der Waals surface area contributed by atoms with Gasteiger partial charge in [-0.05, 0) is 72.2 Å². The van der Waals surface area contributed by atoms with E-state index >= 15 is 0 Å². The number of carbonyl (C=O) groups excluding carboxylic acids is 3. The molecule has 32 heteroatoms. The third kappa shape index (κ3) is 24.1. The van der Waals surface area contributed by atoms with Crippen molar-refractivity contribution in [1.82, 2.24) is 29.4 Å². The van der Waals surface area contributed by atoms with E-state index in [-0.39, 0.29) is 58.2 Å². The molecule has 0 bridgehead atoms. The van der Waals surface area contributed by atoms with E-state index < -0.39 is 91.3 Å². The van der Waals surface area contributed by atoms with E-state index in [2.05, 4.69) is 23.9 Å². The smallest absolute Gasteiger partial charge is 0.425 e. The molecule has 3 N–H and O–H groups in total. The summed E-state index contributed by atoms with van der Waals surface area (Å²) >= 11 is 0. The predicted molar refractivity (Wildman–Crippen MR) is 303 cm³/mol. The van der Waals surface area contributed by atoms with Gasteiger partial charge in [0.15, 0.2) is 48.0 Å². The fourth-order valence-electron chi connectivity index (χ4n) is 8.20. The Morgan fingerprint density at radius 2 is 0.689 bits per heavy atom. The standard InChI is InChI=1S/2C19H22F3N3O5.C19H25F3N2O5.CH4/c2*1-12(17(26)27)29-16-10-15(23-3)5-4-14(16)11-24-6-8-25(9-7-24)18(28)30-13(2)19(20,21)22;1-12-4-5-15(16(10-12)28-13(2)17(25)26)11-23-6-8-24(9-7-23)18(27)29-14(3)19(20,21)22;/h2*4-5,10,12-13H,6-9,11H2,1-2H3,(H,26,27);4-5,10,13-14H,6-9,11H2,1-3H3,(H,25,26);1H4/t2*12-,13?;13-,14?;/m100./s1. The van der Waals surface area contributed by atoms with Crippen LogP contribution in [0.2, 0.25) is 0 Å². The minimum absolute atomic E-state index is 0. The van der Waals surface area contributed by atoms with Crippen molar-refractivity contribution >= 4 is 47.6 Å². The number of hydrogen-bond donors (Lipinski definition) is 3. The SMILES string of the molecule is C.Cc1ccc(CN2CCN(C(=O)OC(C)C(F)(F)F)CC2)c(O[C@@H](C)C(=O)O)c1.[C-]#[N+]c1ccc(CN2CCN(C(=O)OC(C)C(F)(F)F)CC2)c(O[C@@H](C)C(=O)O)c1.[C-]#[N+]c1ccc(CN2CCN(C(=O)OC(C)C(F)(F)F)CC2)c(O[C@H](C)C(=O)O)c1. The number of aliphatic carboxylic acids is 3. The zero-order valence-electron chi connectivity index (χ0n) is 49.5. The average Bonchev–Trinajstić information content (AvgIpc) is 1.36. The number of hydrogen-bond acceptors (Lipinski definition) is 15. The first-order valence-electron chi connectivity index (χ1n) is 27.5. The highest BCUT2D eigenvalue weighted by Crippen LogP contribution is 2.32. The van der Waals surface area contributed by atoms with Crippen LogP contribution in [0.15, 0.2) is 54.6 Å². The van der Waals surface area contributed by atoms with Crippen LogP contribution < -0.4 is 14.2 Å². The van der Waals surface area contributed by atoms with Gasteiger partial charge >= 0.3 is 54.7 Å². The van der Waals surface area contributed by atoms with Crippen LogP contribution in [0, 0.1) is 20.1 Å². The molecule has 23 nitrogen and oxygen atoms in total. The van der Waals surface area contributed by atoms with Crippen molar-refractivity contribution in [2.45, 2.75) is 131 Å². The summed E-state index contributed by atoms with van der Waals surface area (Å²) in [5.74, 6) is -2.33. The topological polar surface area (TPSA) is 247 Å². The molecule has 90 heavy (non-hydrogen) atoms. The molecule has 3 aromatic carbocycles. The van der Waals surface area contributed by atoms with Gasteiger partial charge in [-0.2, -0.15) is 39.5 Å². The molecule has 3 fully saturated rings. The molecular formula is C58H73F9N8O15. The minimum atomic E-state index is -4.61. The van der Waals surface area contributed by atoms with Gasteiger partial charge in [0.25, 0.3) is 0 Å². The number of rotatable bonds is 18. The van der Waals surface area contributed by atoms with E-state index in [1.165, 1.54) is 47.6 Å². The monoisotopic (exact) mass is 1290 g/mol. The second-order valence-electron chi connectivity index (χ2n) is 20.7. The number of amides is 3. The highest BCUT2D eigenvalue weighted by atomic mass is 19.4. The van der Waals surface area contributed by atoms with Crippen molar-refractivity contribution < 1.29 is 112 Å². The largest absolute Gasteiger partial charge is 0.480 e. The molecule has 3 aliphatic heterocycles. The molecule has 498 valence electrons. The van der Waals surface area contributed by atoms with Crippen molar-refractivity contribution in [3.63, 3.8) is 0 Å². The summed E-state index contributed by atoms with van der Waals surface area (Å²) in [4.78, 5) is 85.2. The van der Waals surface area contributed by atoms with Crippen LogP contribution in [0.3, 0.4) is 0 Å². The zero-order valence-corrected chi connectivity index (χ0v) is 49.5. The number of carbonyl (C=O) groups is 6. The third-order valence-electron chi connectivity index (χ3n) is 13.8. The van der Waals surface area contributed by atoms with Crippen molar-refractivity contribution in [2.24, 2.45) is 0 Å². The highest BCUT2D eigenvalue weighted by Gasteiger charge is 2.43. The summed E-state index contributed by atoms with van der Waals surface area (Å²) in [5.41, 5.74) is 3.66. The van der Waals surface area contributed by atoms with Gasteiger partial charge in [0.05, 0.1) is 13.1 Å². The van der Waals surface area contributed by atoms with Crippen LogP contribution in [-0.2, 0) is 48.2 Å². The Morgan fingerprint density at radius 1 is 0.444 bits per heavy atom. The minimum Gasteiger partial charge on any atom is -0.480 e. The number of piperazine rings is 3. The normalized spacial score (nSPS) is 17.0. The lowest BCUT2D eigenvalue weighted by Gasteiger charge is -2.35. The van der Waals surface area contributed by atoms with Crippen LogP contribution in [0.1, 0.15) is 71.2 Å². The van der Waals surface area contributed by atoms with E-state index in [4.69, 9.17) is 42.7 Å². The van der Waals surface area contributed by atoms with Gasteiger partial charge in [-0.25, -0.2) is 38.5 Å². The molecule has 0 radical (unpaired) electrons. The summed E-state index contributed by atoms with van der Waals surface area (Å²) in [7, 11) is 0. The molecule has 0 aromatic heterocycles. The third-order valence-corrected chi connectivity index (χ3v) is 13.8. The number of ether oxygens (including phenoxy) is 6. The second-order valence-corrected chi connectivity index (χ2v) is 20.7. The molecule has 6 atom stereocenters. The van der Waals surface area contributed by atoms with Gasteiger partial charge in [-0.3, -0.25) is 14.7 Å². The lowest BCUT2D eigenvalue weighted by atomic mass is 10.1. The molecule has 0 spiro atoms. The number of benzene rings is 3. The Labute approximate surface area is 513 Å². The first-order valence-corrected chi connectivity index (χ1v) is 27.5. The quantitative estimate of drug-likeness (QED) is 0.0609. The Balaban J connectivity index is 0.000000351. The number of alkyl halides is 9. The van der Waals surface area contributed by atoms with Crippen LogP contribution in [-0.4, -0.2) is 215 Å². The lowest BCUT2D eigenvalue weighted by Crippen LogP contribution is -2.49. The Hall–Kier alpha value is -8.49. The molecule has 0 aliphatic carbocycles. The summed E-state index contributed by atoms with van der Waals surface area (Å²) in [6.07, 6.45) is -26.6. The van der Waals surface area contributed by atoms with Crippen LogP contribution in [0.4, 0.5) is 65.3 Å². The van der Waals surface area contributed by atoms with E-state index in [0.29, 0.717) is 87.2 Å².